The van der Waals surface area contributed by atoms with Crippen molar-refractivity contribution in [1.82, 2.24) is 15.2 Å². The van der Waals surface area contributed by atoms with E-state index in [9.17, 15) is 22.8 Å². The van der Waals surface area contributed by atoms with Crippen molar-refractivity contribution in [3.8, 4) is 0 Å². The Morgan fingerprint density at radius 1 is 1.27 bits per heavy atom. The minimum atomic E-state index is -3.32. The van der Waals surface area contributed by atoms with Crippen LogP contribution in [0.2, 0.25) is 5.02 Å². The minimum Gasteiger partial charge on any atom is -0.480 e. The third-order valence-electron chi connectivity index (χ3n) is 5.63. The van der Waals surface area contributed by atoms with Crippen molar-refractivity contribution in [2.45, 2.75) is 52.7 Å². The molecule has 1 unspecified atom stereocenters. The molecule has 3 heterocycles. The van der Waals surface area contributed by atoms with Crippen LogP contribution in [0, 0.1) is 5.82 Å². The van der Waals surface area contributed by atoms with E-state index >= 15 is 0 Å². The SMILES string of the molecule is CC.CC.CCOC(=O)C1=C(CN2CC(OCC(=O)O)C(F)(F)C2)NC(c2nccs2)=N[C@H]1c1ccc(F)cc1Cl. The lowest BCUT2D eigenvalue weighted by Crippen LogP contribution is -2.39. The molecule has 1 fully saturated rings. The number of halogens is 4. The van der Waals surface area contributed by atoms with Gasteiger partial charge in [-0.2, -0.15) is 0 Å². The Morgan fingerprint density at radius 2 is 1.98 bits per heavy atom. The van der Waals surface area contributed by atoms with Crippen molar-refractivity contribution < 1.29 is 37.3 Å². The number of esters is 1. The molecule has 2 aromatic rings. The summed E-state index contributed by atoms with van der Waals surface area (Å²) >= 11 is 7.59. The second kappa shape index (κ2) is 15.9. The molecule has 41 heavy (non-hydrogen) atoms. The Morgan fingerprint density at radius 3 is 2.56 bits per heavy atom. The molecular weight excluding hydrogens is 585 g/mol. The van der Waals surface area contributed by atoms with Crippen LogP contribution in [-0.2, 0) is 19.1 Å². The molecule has 0 spiro atoms. The fourth-order valence-corrected chi connectivity index (χ4v) is 4.95. The van der Waals surface area contributed by atoms with Gasteiger partial charge in [0, 0.05) is 40.9 Å². The molecule has 1 saturated heterocycles. The maximum atomic E-state index is 14.6. The molecular formula is C27H34ClF3N4O5S. The quantitative estimate of drug-likeness (QED) is 0.363. The number of carboxylic acids is 1. The number of hydrogen-bond donors (Lipinski definition) is 2. The molecule has 0 amide bonds. The monoisotopic (exact) mass is 618 g/mol. The highest BCUT2D eigenvalue weighted by Gasteiger charge is 2.49. The van der Waals surface area contributed by atoms with Crippen molar-refractivity contribution in [3.05, 3.63) is 62.5 Å². The highest BCUT2D eigenvalue weighted by molar-refractivity contribution is 7.11. The number of amidine groups is 1. The van der Waals surface area contributed by atoms with Crippen LogP contribution in [0.25, 0.3) is 0 Å². The third kappa shape index (κ3) is 8.74. The Bertz CT molecular complexity index is 1240. The van der Waals surface area contributed by atoms with Gasteiger partial charge in [-0.25, -0.2) is 27.7 Å². The van der Waals surface area contributed by atoms with Crippen molar-refractivity contribution >= 4 is 40.7 Å². The van der Waals surface area contributed by atoms with E-state index in [1.165, 1.54) is 28.4 Å². The number of benzene rings is 1. The van der Waals surface area contributed by atoms with Gasteiger partial charge in [0.25, 0.3) is 5.92 Å². The Hall–Kier alpha value is -3.00. The number of aliphatic imine (C=N–C) groups is 1. The van der Waals surface area contributed by atoms with E-state index in [1.807, 2.05) is 27.7 Å². The number of carbonyl (C=O) groups is 2. The Balaban J connectivity index is 0.00000141. The fraction of sp³-hybridized carbons (Fsp3) is 0.481. The number of alkyl halides is 2. The molecule has 226 valence electrons. The number of rotatable bonds is 9. The lowest BCUT2D eigenvalue weighted by atomic mass is 9.95. The van der Waals surface area contributed by atoms with Crippen LogP contribution in [0.5, 0.6) is 0 Å². The van der Waals surface area contributed by atoms with Crippen molar-refractivity contribution in [3.63, 3.8) is 0 Å². The standard InChI is InChI=1S/C23H22ClF3N4O5S.2C2H6/c1-2-35-22(34)18-15(8-31-9-16(23(26,27)11-31)36-10-17(32)33)29-20(21-28-5-6-37-21)30-19(18)13-4-3-12(25)7-14(13)24;2*1-2/h3-7,16,19H,2,8-11H2,1H3,(H,29,30)(H,32,33);2*1-2H3/t16?,19-;;/m0../s1. The second-order valence-electron chi connectivity index (χ2n) is 8.25. The summed E-state index contributed by atoms with van der Waals surface area (Å²) in [6.45, 7) is 7.60. The Kier molecular flexibility index (Phi) is 13.2. The topological polar surface area (TPSA) is 113 Å². The Labute approximate surface area is 246 Å². The van der Waals surface area contributed by atoms with Gasteiger partial charge < -0.3 is 19.9 Å². The number of carboxylic acid groups (broad SMARTS) is 1. The molecule has 9 nitrogen and oxygen atoms in total. The minimum absolute atomic E-state index is 0.0186. The lowest BCUT2D eigenvalue weighted by Gasteiger charge is -2.29. The largest absolute Gasteiger partial charge is 0.480 e. The van der Waals surface area contributed by atoms with E-state index in [4.69, 9.17) is 26.2 Å². The van der Waals surface area contributed by atoms with Crippen molar-refractivity contribution in [1.29, 1.82) is 0 Å². The second-order valence-corrected chi connectivity index (χ2v) is 9.55. The number of aromatic nitrogens is 1. The van der Waals surface area contributed by atoms with Crippen LogP contribution in [-0.4, -0.2) is 77.6 Å². The zero-order valence-electron chi connectivity index (χ0n) is 23.4. The van der Waals surface area contributed by atoms with Crippen LogP contribution in [0.1, 0.15) is 51.2 Å². The van der Waals surface area contributed by atoms with Gasteiger partial charge in [0.1, 0.15) is 24.6 Å². The molecule has 2 atom stereocenters. The van der Waals surface area contributed by atoms with Gasteiger partial charge in [-0.15, -0.1) is 11.3 Å². The normalized spacial score (nSPS) is 19.7. The molecule has 0 radical (unpaired) electrons. The summed E-state index contributed by atoms with van der Waals surface area (Å²) in [6.07, 6.45) is -0.0898. The molecule has 1 aromatic carbocycles. The van der Waals surface area contributed by atoms with E-state index in [2.05, 4.69) is 15.3 Å². The molecule has 0 bridgehead atoms. The van der Waals surface area contributed by atoms with Crippen molar-refractivity contribution in [2.24, 2.45) is 4.99 Å². The van der Waals surface area contributed by atoms with Gasteiger partial charge in [-0.05, 0) is 19.1 Å². The van der Waals surface area contributed by atoms with Crippen LogP contribution >= 0.6 is 22.9 Å². The number of ether oxygens (including phenoxy) is 2. The van der Waals surface area contributed by atoms with Crippen molar-refractivity contribution in [2.75, 3.05) is 32.8 Å². The van der Waals surface area contributed by atoms with Crippen LogP contribution in [0.15, 0.2) is 46.0 Å². The predicted molar refractivity (Wildman–Crippen MR) is 151 cm³/mol. The maximum absolute atomic E-state index is 14.6. The molecule has 2 N–H and O–H groups in total. The molecule has 1 aromatic heterocycles. The number of likely N-dealkylation sites (tertiary alicyclic amines) is 1. The highest BCUT2D eigenvalue weighted by Crippen LogP contribution is 2.38. The van der Waals surface area contributed by atoms with Gasteiger partial charge in [0.2, 0.25) is 0 Å². The van der Waals surface area contributed by atoms with Crippen LogP contribution in [0.3, 0.4) is 0 Å². The first-order valence-corrected chi connectivity index (χ1v) is 14.4. The summed E-state index contributed by atoms with van der Waals surface area (Å²) in [5, 5.41) is 14.0. The van der Waals surface area contributed by atoms with E-state index in [0.717, 1.165) is 6.07 Å². The average Bonchev–Trinajstić information content (AvgIpc) is 3.57. The average molecular weight is 619 g/mol. The molecule has 4 rings (SSSR count). The number of aliphatic carboxylic acids is 1. The predicted octanol–water partition coefficient (Wildman–Crippen LogP) is 5.32. The summed E-state index contributed by atoms with van der Waals surface area (Å²) in [5.74, 6) is -5.74. The molecule has 14 heteroatoms. The van der Waals surface area contributed by atoms with E-state index in [-0.39, 0.29) is 41.8 Å². The van der Waals surface area contributed by atoms with Gasteiger partial charge in [0.05, 0.1) is 18.7 Å². The number of hydrogen-bond acceptors (Lipinski definition) is 9. The van der Waals surface area contributed by atoms with Crippen LogP contribution in [0.4, 0.5) is 13.2 Å². The smallest absolute Gasteiger partial charge is 0.338 e. The van der Waals surface area contributed by atoms with Gasteiger partial charge in [-0.3, -0.25) is 9.89 Å². The first-order valence-electron chi connectivity index (χ1n) is 13.1. The maximum Gasteiger partial charge on any atom is 0.338 e. The summed E-state index contributed by atoms with van der Waals surface area (Å²) in [7, 11) is 0. The summed E-state index contributed by atoms with van der Waals surface area (Å²) in [6, 6.07) is 2.62. The van der Waals surface area contributed by atoms with Gasteiger partial charge in [-0.1, -0.05) is 45.4 Å². The highest BCUT2D eigenvalue weighted by atomic mass is 35.5. The van der Waals surface area contributed by atoms with Gasteiger partial charge >= 0.3 is 11.9 Å². The van der Waals surface area contributed by atoms with Gasteiger partial charge in [0.15, 0.2) is 10.8 Å². The summed E-state index contributed by atoms with van der Waals surface area (Å²) < 4.78 is 53.1. The lowest BCUT2D eigenvalue weighted by molar-refractivity contribution is -0.152. The number of thiazole rings is 1. The third-order valence-corrected chi connectivity index (χ3v) is 6.74. The summed E-state index contributed by atoms with van der Waals surface area (Å²) in [4.78, 5) is 34.1. The number of carbonyl (C=O) groups excluding carboxylic acids is 1. The first kappa shape index (κ1) is 34.2. The van der Waals surface area contributed by atoms with E-state index in [1.54, 1.807) is 18.5 Å². The zero-order valence-corrected chi connectivity index (χ0v) is 25.0. The molecule has 0 aliphatic carbocycles. The number of nitrogens with zero attached hydrogens (tertiary/aromatic N) is 3. The first-order chi connectivity index (χ1) is 19.6. The summed E-state index contributed by atoms with van der Waals surface area (Å²) in [5.41, 5.74) is 0.557. The fourth-order valence-electron chi connectivity index (χ4n) is 4.09. The van der Waals surface area contributed by atoms with Crippen LogP contribution < -0.4 is 5.32 Å². The number of nitrogens with one attached hydrogen (secondary N) is 1. The molecule has 0 saturated carbocycles. The van der Waals surface area contributed by atoms with E-state index < -0.39 is 49.0 Å². The molecule has 2 aliphatic heterocycles. The zero-order chi connectivity index (χ0) is 30.7. The van der Waals surface area contributed by atoms with E-state index in [0.29, 0.717) is 10.6 Å². The molecule has 2 aliphatic rings.